The molecule has 0 bridgehead atoms. The molecule has 1 aromatic carbocycles. The van der Waals surface area contributed by atoms with Gasteiger partial charge in [0.1, 0.15) is 22.3 Å². The first-order chi connectivity index (χ1) is 14.0. The maximum atomic E-state index is 13.5. The number of carbonyl (C=O) groups is 1. The summed E-state index contributed by atoms with van der Waals surface area (Å²) in [5, 5.41) is 26.7. The van der Waals surface area contributed by atoms with Crippen LogP contribution >= 0.6 is 0 Å². The van der Waals surface area contributed by atoms with E-state index in [1.807, 2.05) is 0 Å². The van der Waals surface area contributed by atoms with Crippen LogP contribution in [0.2, 0.25) is 0 Å². The lowest BCUT2D eigenvalue weighted by Gasteiger charge is -2.35. The lowest BCUT2D eigenvalue weighted by Crippen LogP contribution is -2.55. The molecule has 3 heterocycles. The highest BCUT2D eigenvalue weighted by Gasteiger charge is 2.27. The van der Waals surface area contributed by atoms with Gasteiger partial charge in [0.2, 0.25) is 0 Å². The van der Waals surface area contributed by atoms with Crippen molar-refractivity contribution < 1.29 is 24.1 Å². The number of nitrogens with one attached hydrogen (secondary N) is 2. The lowest BCUT2D eigenvalue weighted by molar-refractivity contribution is 0.0133. The first-order valence-electron chi connectivity index (χ1n) is 9.09. The number of aromatic nitrogens is 1. The number of pyridine rings is 1. The number of morpholine rings is 1. The summed E-state index contributed by atoms with van der Waals surface area (Å²) in [6.07, 6.45) is -0.476. The fraction of sp³-hybridized carbons (Fsp3) is 0.316. The van der Waals surface area contributed by atoms with Crippen molar-refractivity contribution in [2.75, 3.05) is 38.7 Å². The van der Waals surface area contributed by atoms with E-state index in [1.54, 1.807) is 7.05 Å². The standard InChI is InChI=1S/C19H20FN5O4/c1-21-12-9-13(18(27)28)22-17-15(11-3-2-10(20)8-14(11)26)23-19(24-16(12)17)25-4-6-29-7-5-25/h2-3,8-9,19,21,23,26H,4-7H2,1H3,(H,27,28). The van der Waals surface area contributed by atoms with Gasteiger partial charge in [-0.1, -0.05) is 0 Å². The summed E-state index contributed by atoms with van der Waals surface area (Å²) >= 11 is 0. The first kappa shape index (κ1) is 19.1. The van der Waals surface area contributed by atoms with Crippen LogP contribution in [0.4, 0.5) is 10.1 Å². The molecule has 152 valence electrons. The van der Waals surface area contributed by atoms with Crippen LogP contribution in [0.15, 0.2) is 29.3 Å². The zero-order valence-electron chi connectivity index (χ0n) is 15.6. The molecule has 1 aromatic heterocycles. The van der Waals surface area contributed by atoms with Crippen LogP contribution < -0.4 is 21.3 Å². The number of rotatable bonds is 4. The third-order valence-corrected chi connectivity index (χ3v) is 4.86. The van der Waals surface area contributed by atoms with Crippen LogP contribution in [0.5, 0.6) is 5.75 Å². The van der Waals surface area contributed by atoms with Crippen molar-refractivity contribution in [2.45, 2.75) is 6.29 Å². The molecule has 0 spiro atoms. The maximum Gasteiger partial charge on any atom is 0.354 e. The highest BCUT2D eigenvalue weighted by Crippen LogP contribution is 2.24. The molecule has 0 amide bonds. The van der Waals surface area contributed by atoms with E-state index in [2.05, 4.69) is 20.5 Å². The number of aromatic carboxylic acids is 1. The van der Waals surface area contributed by atoms with Crippen molar-refractivity contribution in [3.8, 4) is 5.75 Å². The number of ether oxygens (including phenoxy) is 1. The number of aromatic hydroxyl groups is 1. The number of phenolic OH excluding ortho intramolecular Hbond substituents is 1. The molecular weight excluding hydrogens is 381 g/mol. The van der Waals surface area contributed by atoms with Gasteiger partial charge in [-0.2, -0.15) is 0 Å². The number of carboxylic acid groups (broad SMARTS) is 1. The van der Waals surface area contributed by atoms with E-state index in [9.17, 15) is 19.4 Å². The Bertz CT molecular complexity index is 1080. The molecule has 2 aromatic rings. The molecular formula is C19H20FN5O4. The average molecular weight is 401 g/mol. The molecule has 10 heteroatoms. The number of anilines is 1. The third kappa shape index (κ3) is 3.59. The predicted molar refractivity (Wildman–Crippen MR) is 101 cm³/mol. The number of phenols is 1. The summed E-state index contributed by atoms with van der Waals surface area (Å²) in [4.78, 5) is 22.6. The second kappa shape index (κ2) is 7.64. The van der Waals surface area contributed by atoms with E-state index < -0.39 is 18.1 Å². The molecule has 0 saturated carbocycles. The quantitative estimate of drug-likeness (QED) is 0.550. The molecule has 9 nitrogen and oxygen atoms in total. The zero-order chi connectivity index (χ0) is 20.5. The number of hydrogen-bond acceptors (Lipinski definition) is 8. The van der Waals surface area contributed by atoms with Gasteiger partial charge in [-0.15, -0.1) is 0 Å². The Labute approximate surface area is 165 Å². The van der Waals surface area contributed by atoms with Gasteiger partial charge in [0.15, 0.2) is 12.0 Å². The number of hydrogen-bond donors (Lipinski definition) is 4. The van der Waals surface area contributed by atoms with Gasteiger partial charge in [0, 0.05) is 31.8 Å². The molecule has 0 radical (unpaired) electrons. The highest BCUT2D eigenvalue weighted by atomic mass is 19.1. The van der Waals surface area contributed by atoms with Gasteiger partial charge in [0.05, 0.1) is 24.6 Å². The number of carboxylic acids is 1. The topological polar surface area (TPSA) is 119 Å². The van der Waals surface area contributed by atoms with Crippen LogP contribution in [0.1, 0.15) is 16.1 Å². The Morgan fingerprint density at radius 2 is 2.10 bits per heavy atom. The Balaban J connectivity index is 1.98. The zero-order valence-corrected chi connectivity index (χ0v) is 15.6. The van der Waals surface area contributed by atoms with Crippen LogP contribution in [-0.2, 0) is 4.74 Å². The van der Waals surface area contributed by atoms with E-state index >= 15 is 0 Å². The summed E-state index contributed by atoms with van der Waals surface area (Å²) in [6, 6.07) is 5.05. The largest absolute Gasteiger partial charge is 0.507 e. The van der Waals surface area contributed by atoms with Crippen LogP contribution in [0, 0.1) is 5.82 Å². The molecule has 1 fully saturated rings. The number of nitrogens with zero attached hydrogens (tertiary/aromatic N) is 3. The lowest BCUT2D eigenvalue weighted by atomic mass is 10.1. The van der Waals surface area contributed by atoms with Gasteiger partial charge in [-0.25, -0.2) is 19.2 Å². The normalized spacial score (nSPS) is 19.1. The molecule has 0 aliphatic carbocycles. The van der Waals surface area contributed by atoms with Crippen molar-refractivity contribution in [1.82, 2.24) is 15.2 Å². The van der Waals surface area contributed by atoms with Gasteiger partial charge in [0.25, 0.3) is 0 Å². The molecule has 2 aliphatic rings. The summed E-state index contributed by atoms with van der Waals surface area (Å²) in [5.41, 5.74) is 1.00. The van der Waals surface area contributed by atoms with Gasteiger partial charge in [-0.05, 0) is 18.2 Å². The van der Waals surface area contributed by atoms with Gasteiger partial charge < -0.3 is 25.6 Å². The molecule has 29 heavy (non-hydrogen) atoms. The first-order valence-corrected chi connectivity index (χ1v) is 9.09. The second-order valence-corrected chi connectivity index (χ2v) is 6.64. The van der Waals surface area contributed by atoms with Gasteiger partial charge >= 0.3 is 5.97 Å². The minimum Gasteiger partial charge on any atom is -0.507 e. The Kier molecular flexibility index (Phi) is 5.03. The number of fused-ring (bicyclic) bond motifs is 1. The summed E-state index contributed by atoms with van der Waals surface area (Å²) < 4.78 is 18.9. The molecule has 4 N–H and O–H groups in total. The van der Waals surface area contributed by atoms with Crippen molar-refractivity contribution in [3.05, 3.63) is 52.0 Å². The molecule has 1 saturated heterocycles. The summed E-state index contributed by atoms with van der Waals surface area (Å²) in [7, 11) is 1.66. The van der Waals surface area contributed by atoms with Crippen molar-refractivity contribution in [2.24, 2.45) is 4.99 Å². The van der Waals surface area contributed by atoms with Crippen molar-refractivity contribution in [1.29, 1.82) is 0 Å². The fourth-order valence-corrected chi connectivity index (χ4v) is 3.41. The van der Waals surface area contributed by atoms with E-state index in [0.717, 1.165) is 6.07 Å². The third-order valence-electron chi connectivity index (χ3n) is 4.86. The number of halogens is 1. The second-order valence-electron chi connectivity index (χ2n) is 6.64. The van der Waals surface area contributed by atoms with Crippen LogP contribution in [0.3, 0.4) is 0 Å². The Morgan fingerprint density at radius 1 is 1.34 bits per heavy atom. The number of benzene rings is 1. The van der Waals surface area contributed by atoms with Crippen molar-refractivity contribution >= 4 is 17.4 Å². The van der Waals surface area contributed by atoms with E-state index in [0.29, 0.717) is 48.6 Å². The smallest absolute Gasteiger partial charge is 0.354 e. The van der Waals surface area contributed by atoms with Crippen LogP contribution in [-0.4, -0.2) is 65.7 Å². The van der Waals surface area contributed by atoms with E-state index in [-0.39, 0.29) is 16.8 Å². The van der Waals surface area contributed by atoms with Crippen molar-refractivity contribution in [3.63, 3.8) is 0 Å². The van der Waals surface area contributed by atoms with Crippen LogP contribution in [0.25, 0.3) is 5.70 Å². The van der Waals surface area contributed by atoms with E-state index in [1.165, 1.54) is 18.2 Å². The minimum atomic E-state index is -1.19. The average Bonchev–Trinajstić information content (AvgIpc) is 2.73. The molecule has 2 aliphatic heterocycles. The predicted octanol–water partition coefficient (Wildman–Crippen LogP) is -0.339. The van der Waals surface area contributed by atoms with E-state index in [4.69, 9.17) is 9.73 Å². The molecule has 1 unspecified atom stereocenters. The molecule has 4 rings (SSSR count). The van der Waals surface area contributed by atoms with Gasteiger partial charge in [-0.3, -0.25) is 4.90 Å². The fourth-order valence-electron chi connectivity index (χ4n) is 3.41. The summed E-state index contributed by atoms with van der Waals surface area (Å²) in [5.74, 6) is -2.06. The Hall–Kier alpha value is -3.24. The monoisotopic (exact) mass is 401 g/mol. The minimum absolute atomic E-state index is 0.172. The summed E-state index contributed by atoms with van der Waals surface area (Å²) in [6.45, 7) is 2.42. The maximum absolute atomic E-state index is 13.5. The highest BCUT2D eigenvalue weighted by molar-refractivity contribution is 5.86. The molecule has 1 atom stereocenters. The Morgan fingerprint density at radius 3 is 2.76 bits per heavy atom. The SMILES string of the molecule is CNc1cc(C(=O)O)nc2c1=NC(N1CCOCC1)NC=2c1ccc(F)cc1O.